The number of rotatable bonds is 8. The van der Waals surface area contributed by atoms with Crippen LogP contribution in [-0.2, 0) is 24.4 Å². The van der Waals surface area contributed by atoms with E-state index in [-0.39, 0.29) is 5.91 Å². The van der Waals surface area contributed by atoms with Gasteiger partial charge in [-0.3, -0.25) is 4.79 Å². The maximum absolute atomic E-state index is 12.3. The van der Waals surface area contributed by atoms with Crippen LogP contribution in [0.4, 0.5) is 0 Å². The van der Waals surface area contributed by atoms with Gasteiger partial charge in [-0.2, -0.15) is 0 Å². The highest BCUT2D eigenvalue weighted by molar-refractivity contribution is 5.76. The smallest absolute Gasteiger partial charge is 0.275 e. The van der Waals surface area contributed by atoms with E-state index in [1.54, 1.807) is 12.5 Å². The third-order valence-corrected chi connectivity index (χ3v) is 3.75. The molecular formula is C19H21N2O3+. The maximum atomic E-state index is 12.3. The monoisotopic (exact) mass is 325 g/mol. The first-order valence-electron chi connectivity index (χ1n) is 7.98. The second kappa shape index (κ2) is 8.17. The molecule has 0 spiro atoms. The topological polar surface area (TPSA) is 59.8 Å². The molecule has 2 heterocycles. The molecule has 5 heteroatoms. The van der Waals surface area contributed by atoms with Crippen molar-refractivity contribution in [3.05, 3.63) is 84.2 Å². The maximum Gasteiger partial charge on any atom is 0.275 e. The third kappa shape index (κ3) is 4.86. The van der Waals surface area contributed by atoms with Crippen LogP contribution in [-0.4, -0.2) is 12.5 Å². The number of amides is 1. The van der Waals surface area contributed by atoms with E-state index >= 15 is 0 Å². The van der Waals surface area contributed by atoms with E-state index in [9.17, 15) is 4.79 Å². The SMILES string of the molecule is O=C(C[NH+](Cc1ccco1)Cc1ccco1)NCc1ccccc1. The molecule has 1 aromatic carbocycles. The molecule has 124 valence electrons. The van der Waals surface area contributed by atoms with Crippen LogP contribution in [0.5, 0.6) is 0 Å². The highest BCUT2D eigenvalue weighted by Crippen LogP contribution is 2.00. The number of hydrogen-bond acceptors (Lipinski definition) is 3. The molecule has 5 nitrogen and oxygen atoms in total. The average Bonchev–Trinajstić information content (AvgIpc) is 3.28. The van der Waals surface area contributed by atoms with Crippen LogP contribution in [0.25, 0.3) is 0 Å². The molecule has 2 N–H and O–H groups in total. The Labute approximate surface area is 140 Å². The van der Waals surface area contributed by atoms with Crippen molar-refractivity contribution >= 4 is 5.91 Å². The van der Waals surface area contributed by atoms with Crippen molar-refractivity contribution in [3.8, 4) is 0 Å². The van der Waals surface area contributed by atoms with Gasteiger partial charge in [0.2, 0.25) is 0 Å². The lowest BCUT2D eigenvalue weighted by molar-refractivity contribution is -0.921. The minimum Gasteiger partial charge on any atom is -0.463 e. The molecule has 3 rings (SSSR count). The lowest BCUT2D eigenvalue weighted by Gasteiger charge is -2.17. The van der Waals surface area contributed by atoms with Crippen molar-refractivity contribution in [3.63, 3.8) is 0 Å². The van der Waals surface area contributed by atoms with Crippen LogP contribution in [0.1, 0.15) is 17.1 Å². The van der Waals surface area contributed by atoms with Gasteiger partial charge in [0.05, 0.1) is 12.5 Å². The summed E-state index contributed by atoms with van der Waals surface area (Å²) in [6, 6.07) is 17.4. The van der Waals surface area contributed by atoms with Crippen molar-refractivity contribution < 1.29 is 18.5 Å². The summed E-state index contributed by atoms with van der Waals surface area (Å²) in [7, 11) is 0. The summed E-state index contributed by atoms with van der Waals surface area (Å²) in [6.07, 6.45) is 3.30. The lowest BCUT2D eigenvalue weighted by atomic mass is 10.2. The number of benzene rings is 1. The predicted octanol–water partition coefficient (Wildman–Crippen LogP) is 1.77. The van der Waals surface area contributed by atoms with Gasteiger partial charge in [-0.05, 0) is 29.8 Å². The first kappa shape index (κ1) is 16.1. The van der Waals surface area contributed by atoms with Crippen LogP contribution in [0, 0.1) is 0 Å². The molecule has 0 aliphatic carbocycles. The number of furan rings is 2. The summed E-state index contributed by atoms with van der Waals surface area (Å²) in [5.41, 5.74) is 1.09. The van der Waals surface area contributed by atoms with Crippen molar-refractivity contribution in [1.82, 2.24) is 5.32 Å². The Morgan fingerprint density at radius 1 is 0.875 bits per heavy atom. The van der Waals surface area contributed by atoms with Crippen LogP contribution in [0.15, 0.2) is 76.0 Å². The third-order valence-electron chi connectivity index (χ3n) is 3.75. The summed E-state index contributed by atoms with van der Waals surface area (Å²) in [5.74, 6) is 1.71. The molecule has 0 fully saturated rings. The van der Waals surface area contributed by atoms with Gasteiger partial charge < -0.3 is 19.1 Å². The Morgan fingerprint density at radius 2 is 1.50 bits per heavy atom. The molecule has 24 heavy (non-hydrogen) atoms. The normalized spacial score (nSPS) is 10.9. The standard InChI is InChI=1S/C19H20N2O3/c22-19(20-12-16-6-2-1-3-7-16)15-21(13-17-8-4-10-23-17)14-18-9-5-11-24-18/h1-11H,12-15H2,(H,20,22)/p+1. The van der Waals surface area contributed by atoms with E-state index in [2.05, 4.69) is 5.32 Å². The summed E-state index contributed by atoms with van der Waals surface area (Å²) in [6.45, 7) is 2.15. The second-order valence-corrected chi connectivity index (χ2v) is 5.70. The van der Waals surface area contributed by atoms with Gasteiger partial charge in [0, 0.05) is 6.54 Å². The first-order chi connectivity index (χ1) is 11.8. The number of hydrogen-bond donors (Lipinski definition) is 2. The van der Waals surface area contributed by atoms with E-state index in [0.29, 0.717) is 26.2 Å². The van der Waals surface area contributed by atoms with Gasteiger partial charge in [0.15, 0.2) is 18.1 Å². The van der Waals surface area contributed by atoms with E-state index in [1.165, 1.54) is 0 Å². The van der Waals surface area contributed by atoms with Gasteiger partial charge >= 0.3 is 0 Å². The highest BCUT2D eigenvalue weighted by atomic mass is 16.3. The lowest BCUT2D eigenvalue weighted by Crippen LogP contribution is -3.10. The zero-order valence-corrected chi connectivity index (χ0v) is 13.4. The summed E-state index contributed by atoms with van der Waals surface area (Å²) >= 11 is 0. The fourth-order valence-corrected chi connectivity index (χ4v) is 2.59. The molecular weight excluding hydrogens is 304 g/mol. The van der Waals surface area contributed by atoms with Crippen LogP contribution >= 0.6 is 0 Å². The molecule has 3 aromatic rings. The van der Waals surface area contributed by atoms with E-state index < -0.39 is 0 Å². The quantitative estimate of drug-likeness (QED) is 0.664. The molecule has 0 aliphatic rings. The molecule has 0 saturated heterocycles. The Morgan fingerprint density at radius 3 is 2.04 bits per heavy atom. The first-order valence-corrected chi connectivity index (χ1v) is 7.98. The zero-order chi connectivity index (χ0) is 16.6. The molecule has 0 bridgehead atoms. The zero-order valence-electron chi connectivity index (χ0n) is 13.4. The minimum absolute atomic E-state index is 0.00645. The average molecular weight is 325 g/mol. The second-order valence-electron chi connectivity index (χ2n) is 5.70. The van der Waals surface area contributed by atoms with Gasteiger partial charge in [-0.25, -0.2) is 0 Å². The van der Waals surface area contributed by atoms with Crippen molar-refractivity contribution in [2.75, 3.05) is 6.54 Å². The van der Waals surface area contributed by atoms with Crippen molar-refractivity contribution in [1.29, 1.82) is 0 Å². The summed E-state index contributed by atoms with van der Waals surface area (Å²) in [5, 5.41) is 2.97. The van der Waals surface area contributed by atoms with Gasteiger partial charge in [0.1, 0.15) is 13.1 Å². The van der Waals surface area contributed by atoms with Gasteiger partial charge in [0.25, 0.3) is 5.91 Å². The predicted molar refractivity (Wildman–Crippen MR) is 88.9 cm³/mol. The molecule has 2 aromatic heterocycles. The molecule has 0 radical (unpaired) electrons. The van der Waals surface area contributed by atoms with E-state index in [4.69, 9.17) is 8.83 Å². The molecule has 0 saturated carbocycles. The van der Waals surface area contributed by atoms with E-state index in [1.807, 2.05) is 54.6 Å². The molecule has 0 atom stereocenters. The number of quaternary nitrogens is 1. The summed E-state index contributed by atoms with van der Waals surface area (Å²) in [4.78, 5) is 13.4. The Kier molecular flexibility index (Phi) is 5.48. The highest BCUT2D eigenvalue weighted by Gasteiger charge is 2.18. The minimum atomic E-state index is 0.00645. The van der Waals surface area contributed by atoms with Gasteiger partial charge in [-0.1, -0.05) is 30.3 Å². The number of carbonyl (C=O) groups excluding carboxylic acids is 1. The fourth-order valence-electron chi connectivity index (χ4n) is 2.59. The Bertz CT molecular complexity index is 685. The largest absolute Gasteiger partial charge is 0.463 e. The number of carbonyl (C=O) groups is 1. The fraction of sp³-hybridized carbons (Fsp3) is 0.211. The Balaban J connectivity index is 1.56. The van der Waals surface area contributed by atoms with Crippen LogP contribution < -0.4 is 10.2 Å². The molecule has 1 amide bonds. The van der Waals surface area contributed by atoms with Crippen LogP contribution in [0.3, 0.4) is 0 Å². The summed E-state index contributed by atoms with van der Waals surface area (Å²) < 4.78 is 10.8. The van der Waals surface area contributed by atoms with Crippen LogP contribution in [0.2, 0.25) is 0 Å². The van der Waals surface area contributed by atoms with Crippen molar-refractivity contribution in [2.24, 2.45) is 0 Å². The van der Waals surface area contributed by atoms with Gasteiger partial charge in [-0.15, -0.1) is 0 Å². The Hall–Kier alpha value is -2.79. The van der Waals surface area contributed by atoms with E-state index in [0.717, 1.165) is 22.0 Å². The molecule has 0 aliphatic heterocycles. The van der Waals surface area contributed by atoms with Crippen molar-refractivity contribution in [2.45, 2.75) is 19.6 Å². The number of nitrogens with one attached hydrogen (secondary N) is 2. The molecule has 0 unspecified atom stereocenters.